The van der Waals surface area contributed by atoms with E-state index in [1.165, 1.54) is 6.07 Å². The van der Waals surface area contributed by atoms with Crippen molar-refractivity contribution in [2.24, 2.45) is 0 Å². The fourth-order valence-corrected chi connectivity index (χ4v) is 2.51. The summed E-state index contributed by atoms with van der Waals surface area (Å²) in [6.07, 6.45) is 0. The van der Waals surface area contributed by atoms with Gasteiger partial charge in [0.15, 0.2) is 0 Å². The van der Waals surface area contributed by atoms with E-state index in [-0.39, 0.29) is 5.69 Å². The minimum atomic E-state index is -0.610. The summed E-state index contributed by atoms with van der Waals surface area (Å²) >= 11 is 6.57. The first-order chi connectivity index (χ1) is 8.97. The van der Waals surface area contributed by atoms with Crippen LogP contribution in [0.1, 0.15) is 11.1 Å². The molecule has 0 heterocycles. The number of benzene rings is 2. The molecule has 0 bridgehead atoms. The molecule has 0 fully saturated rings. The topological polar surface area (TPSA) is 12.0 Å². The van der Waals surface area contributed by atoms with Gasteiger partial charge in [0.2, 0.25) is 0 Å². The molecular weight excluding hydrogens is 380 g/mol. The second kappa shape index (κ2) is 6.01. The largest absolute Gasteiger partial charge is 0.378 e. The summed E-state index contributed by atoms with van der Waals surface area (Å²) in [4.78, 5) is 0. The second-order valence-electron chi connectivity index (χ2n) is 4.18. The molecule has 0 saturated heterocycles. The highest BCUT2D eigenvalue weighted by molar-refractivity contribution is 9.10. The molecule has 0 radical (unpaired) electrons. The molecule has 0 amide bonds. The molecule has 1 nitrogen and oxygen atoms in total. The number of hydrogen-bond donors (Lipinski definition) is 1. The lowest BCUT2D eigenvalue weighted by atomic mass is 10.1. The van der Waals surface area contributed by atoms with E-state index in [0.29, 0.717) is 11.0 Å². The molecule has 2 aromatic carbocycles. The summed E-state index contributed by atoms with van der Waals surface area (Å²) < 4.78 is 28.0. The molecule has 2 rings (SSSR count). The molecule has 0 unspecified atom stereocenters. The number of hydrogen-bond acceptors (Lipinski definition) is 1. The average molecular weight is 391 g/mol. The molecule has 0 aromatic heterocycles. The third-order valence-electron chi connectivity index (χ3n) is 2.70. The zero-order valence-electron chi connectivity index (χ0n) is 10.1. The van der Waals surface area contributed by atoms with E-state index in [1.54, 1.807) is 0 Å². The predicted octanol–water partition coefficient (Wildman–Crippen LogP) is 5.41. The van der Waals surface area contributed by atoms with Crippen LogP contribution in [0.5, 0.6) is 0 Å². The van der Waals surface area contributed by atoms with Crippen molar-refractivity contribution in [2.45, 2.75) is 13.5 Å². The first-order valence-electron chi connectivity index (χ1n) is 5.61. The summed E-state index contributed by atoms with van der Waals surface area (Å²) in [6.45, 7) is 2.46. The van der Waals surface area contributed by atoms with Crippen molar-refractivity contribution in [3.8, 4) is 0 Å². The monoisotopic (exact) mass is 389 g/mol. The van der Waals surface area contributed by atoms with Crippen molar-refractivity contribution >= 4 is 37.5 Å². The van der Waals surface area contributed by atoms with Crippen LogP contribution in [0.4, 0.5) is 14.5 Å². The Morgan fingerprint density at radius 3 is 2.42 bits per heavy atom. The Bertz CT molecular complexity index is 591. The highest BCUT2D eigenvalue weighted by Gasteiger charge is 2.09. The van der Waals surface area contributed by atoms with Crippen molar-refractivity contribution in [2.75, 3.05) is 5.32 Å². The van der Waals surface area contributed by atoms with Crippen molar-refractivity contribution in [3.05, 3.63) is 62.0 Å². The van der Waals surface area contributed by atoms with Crippen LogP contribution in [-0.2, 0) is 6.54 Å². The van der Waals surface area contributed by atoms with Gasteiger partial charge in [-0.3, -0.25) is 0 Å². The van der Waals surface area contributed by atoms with Gasteiger partial charge in [0, 0.05) is 21.6 Å². The van der Waals surface area contributed by atoms with Gasteiger partial charge in [-0.25, -0.2) is 8.78 Å². The van der Waals surface area contributed by atoms with Crippen molar-refractivity contribution in [1.82, 2.24) is 0 Å². The standard InChI is InChI=1S/C14H11Br2F2N/c1-8-4-9(2-3-11(8)15)7-19-14-12(16)5-10(17)6-13(14)18/h2-6,19H,7H2,1H3. The summed E-state index contributed by atoms with van der Waals surface area (Å²) in [6, 6.07) is 7.99. The Morgan fingerprint density at radius 2 is 1.79 bits per heavy atom. The normalized spacial score (nSPS) is 10.6. The van der Waals surface area contributed by atoms with E-state index >= 15 is 0 Å². The molecular formula is C14H11Br2F2N. The van der Waals surface area contributed by atoms with Gasteiger partial charge in [-0.15, -0.1) is 0 Å². The summed E-state index contributed by atoms with van der Waals surface area (Å²) in [5, 5.41) is 2.97. The minimum Gasteiger partial charge on any atom is -0.378 e. The minimum absolute atomic E-state index is 0.266. The summed E-state index contributed by atoms with van der Waals surface area (Å²) in [7, 11) is 0. The van der Waals surface area contributed by atoms with Crippen LogP contribution in [0.2, 0.25) is 0 Å². The van der Waals surface area contributed by atoms with Crippen molar-refractivity contribution < 1.29 is 8.78 Å². The molecule has 2 aromatic rings. The molecule has 0 aliphatic rings. The van der Waals surface area contributed by atoms with Crippen LogP contribution in [0.15, 0.2) is 39.3 Å². The van der Waals surface area contributed by atoms with Crippen LogP contribution >= 0.6 is 31.9 Å². The molecule has 0 atom stereocenters. The fourth-order valence-electron chi connectivity index (χ4n) is 1.72. The number of aryl methyl sites for hydroxylation is 1. The molecule has 5 heteroatoms. The highest BCUT2D eigenvalue weighted by atomic mass is 79.9. The maximum absolute atomic E-state index is 13.6. The van der Waals surface area contributed by atoms with Gasteiger partial charge in [-0.2, -0.15) is 0 Å². The van der Waals surface area contributed by atoms with Crippen LogP contribution in [0.25, 0.3) is 0 Å². The maximum Gasteiger partial charge on any atom is 0.150 e. The van der Waals surface area contributed by atoms with E-state index in [9.17, 15) is 8.78 Å². The Kier molecular flexibility index (Phi) is 4.58. The van der Waals surface area contributed by atoms with Gasteiger partial charge in [0.1, 0.15) is 11.6 Å². The maximum atomic E-state index is 13.6. The smallest absolute Gasteiger partial charge is 0.150 e. The summed E-state index contributed by atoms with van der Waals surface area (Å²) in [5.74, 6) is -1.21. The molecule has 0 aliphatic heterocycles. The Balaban J connectivity index is 2.16. The number of nitrogens with one attached hydrogen (secondary N) is 1. The first kappa shape index (κ1) is 14.5. The zero-order valence-corrected chi connectivity index (χ0v) is 13.3. The van der Waals surface area contributed by atoms with Crippen LogP contribution in [-0.4, -0.2) is 0 Å². The number of rotatable bonds is 3. The predicted molar refractivity (Wildman–Crippen MR) is 80.3 cm³/mol. The van der Waals surface area contributed by atoms with Crippen LogP contribution < -0.4 is 5.32 Å². The molecule has 19 heavy (non-hydrogen) atoms. The molecule has 0 saturated carbocycles. The lowest BCUT2D eigenvalue weighted by Crippen LogP contribution is -2.03. The number of anilines is 1. The van der Waals surface area contributed by atoms with Crippen LogP contribution in [0, 0.1) is 18.6 Å². The van der Waals surface area contributed by atoms with Gasteiger partial charge >= 0.3 is 0 Å². The van der Waals surface area contributed by atoms with Crippen molar-refractivity contribution in [1.29, 1.82) is 0 Å². The molecule has 1 N–H and O–H groups in total. The zero-order chi connectivity index (χ0) is 14.0. The summed E-state index contributed by atoms with van der Waals surface area (Å²) in [5.41, 5.74) is 2.40. The molecule has 0 spiro atoms. The lowest BCUT2D eigenvalue weighted by Gasteiger charge is -2.11. The number of halogens is 4. The van der Waals surface area contributed by atoms with Crippen LogP contribution in [0.3, 0.4) is 0 Å². The highest BCUT2D eigenvalue weighted by Crippen LogP contribution is 2.27. The Labute approximate surface area is 127 Å². The average Bonchev–Trinajstić information content (AvgIpc) is 2.32. The van der Waals surface area contributed by atoms with Gasteiger partial charge in [0.05, 0.1) is 5.69 Å². The van der Waals surface area contributed by atoms with Crippen molar-refractivity contribution in [3.63, 3.8) is 0 Å². The van der Waals surface area contributed by atoms with E-state index in [4.69, 9.17) is 0 Å². The fraction of sp³-hybridized carbons (Fsp3) is 0.143. The quantitative estimate of drug-likeness (QED) is 0.738. The van der Waals surface area contributed by atoms with Gasteiger partial charge < -0.3 is 5.32 Å². The third kappa shape index (κ3) is 3.54. The molecule has 0 aliphatic carbocycles. The van der Waals surface area contributed by atoms with Gasteiger partial charge in [-0.05, 0) is 46.1 Å². The third-order valence-corrected chi connectivity index (χ3v) is 4.21. The Morgan fingerprint density at radius 1 is 1.05 bits per heavy atom. The van der Waals surface area contributed by atoms with Gasteiger partial charge in [0.25, 0.3) is 0 Å². The SMILES string of the molecule is Cc1cc(CNc2c(F)cc(F)cc2Br)ccc1Br. The van der Waals surface area contributed by atoms with E-state index in [0.717, 1.165) is 21.7 Å². The molecule has 100 valence electrons. The lowest BCUT2D eigenvalue weighted by molar-refractivity contribution is 0.583. The Hall–Kier alpha value is -0.940. The van der Waals surface area contributed by atoms with E-state index in [1.807, 2.05) is 25.1 Å². The van der Waals surface area contributed by atoms with E-state index < -0.39 is 11.6 Å². The van der Waals surface area contributed by atoms with E-state index in [2.05, 4.69) is 37.2 Å². The first-order valence-corrected chi connectivity index (χ1v) is 7.19. The second-order valence-corrected chi connectivity index (χ2v) is 5.89. The van der Waals surface area contributed by atoms with Gasteiger partial charge in [-0.1, -0.05) is 28.1 Å².